The fourth-order valence-electron chi connectivity index (χ4n) is 3.33. The third kappa shape index (κ3) is 2.66. The number of aliphatic hydroxyl groups is 1. The van der Waals surface area contributed by atoms with Crippen molar-refractivity contribution in [2.45, 2.75) is 50.5 Å². The Morgan fingerprint density at radius 3 is 2.85 bits per heavy atom. The zero-order valence-corrected chi connectivity index (χ0v) is 11.6. The van der Waals surface area contributed by atoms with Gasteiger partial charge in [0.15, 0.2) is 0 Å². The molecule has 2 aliphatic rings. The van der Waals surface area contributed by atoms with Gasteiger partial charge in [-0.05, 0) is 37.5 Å². The number of benzene rings is 1. The summed E-state index contributed by atoms with van der Waals surface area (Å²) in [6, 6.07) is 5.79. The lowest BCUT2D eigenvalue weighted by Gasteiger charge is -2.21. The smallest absolute Gasteiger partial charge is 0.250 e. The standard InChI is InChI=1S/C16H21NO3/c18-10-16(19)17-11-7-8-15-13(9-11)12-5-3-1-2-4-6-14(12)20-15/h7-9,12,14,18H,1-6,10H2,(H,17,19). The van der Waals surface area contributed by atoms with Gasteiger partial charge in [-0.25, -0.2) is 0 Å². The molecule has 1 fully saturated rings. The summed E-state index contributed by atoms with van der Waals surface area (Å²) in [4.78, 5) is 11.3. The highest BCUT2D eigenvalue weighted by atomic mass is 16.5. The number of nitrogens with one attached hydrogen (secondary N) is 1. The monoisotopic (exact) mass is 275 g/mol. The Balaban J connectivity index is 1.82. The molecule has 4 nitrogen and oxygen atoms in total. The van der Waals surface area contributed by atoms with Gasteiger partial charge in [-0.3, -0.25) is 4.79 Å². The number of carbonyl (C=O) groups excluding carboxylic acids is 1. The van der Waals surface area contributed by atoms with E-state index >= 15 is 0 Å². The molecule has 2 unspecified atom stereocenters. The predicted octanol–water partition coefficient (Wildman–Crippen LogP) is 2.82. The third-order valence-corrected chi connectivity index (χ3v) is 4.32. The molecule has 4 heteroatoms. The van der Waals surface area contributed by atoms with Crippen molar-refractivity contribution in [3.8, 4) is 5.75 Å². The molecule has 1 aromatic carbocycles. The maximum absolute atomic E-state index is 11.3. The van der Waals surface area contributed by atoms with Gasteiger partial charge in [0, 0.05) is 17.2 Å². The molecule has 1 amide bonds. The fraction of sp³-hybridized carbons (Fsp3) is 0.562. The van der Waals surface area contributed by atoms with Crippen LogP contribution in [-0.4, -0.2) is 23.7 Å². The van der Waals surface area contributed by atoms with E-state index < -0.39 is 6.61 Å². The van der Waals surface area contributed by atoms with Gasteiger partial charge < -0.3 is 15.2 Å². The van der Waals surface area contributed by atoms with Crippen LogP contribution in [0.25, 0.3) is 0 Å². The Morgan fingerprint density at radius 1 is 1.25 bits per heavy atom. The van der Waals surface area contributed by atoms with E-state index in [9.17, 15) is 4.79 Å². The minimum absolute atomic E-state index is 0.300. The third-order valence-electron chi connectivity index (χ3n) is 4.32. The first-order chi connectivity index (χ1) is 9.78. The molecule has 108 valence electrons. The molecule has 0 aromatic heterocycles. The Kier molecular flexibility index (Phi) is 3.92. The SMILES string of the molecule is O=C(CO)Nc1ccc2c(c1)C1CCCCCCC1O2. The number of amides is 1. The van der Waals surface area contributed by atoms with Crippen LogP contribution >= 0.6 is 0 Å². The average Bonchev–Trinajstić information content (AvgIpc) is 2.75. The molecule has 2 N–H and O–H groups in total. The lowest BCUT2D eigenvalue weighted by molar-refractivity contribution is -0.118. The van der Waals surface area contributed by atoms with Crippen molar-refractivity contribution < 1.29 is 14.6 Å². The molecule has 2 atom stereocenters. The molecule has 0 saturated heterocycles. The first-order valence-corrected chi connectivity index (χ1v) is 7.49. The number of hydrogen-bond donors (Lipinski definition) is 2. The molecule has 0 radical (unpaired) electrons. The lowest BCUT2D eigenvalue weighted by atomic mass is 9.85. The Labute approximate surface area is 119 Å². The van der Waals surface area contributed by atoms with Gasteiger partial charge in [-0.1, -0.05) is 19.3 Å². The summed E-state index contributed by atoms with van der Waals surface area (Å²) in [5.41, 5.74) is 1.96. The highest BCUT2D eigenvalue weighted by Gasteiger charge is 2.34. The van der Waals surface area contributed by atoms with Crippen molar-refractivity contribution in [1.29, 1.82) is 0 Å². The van der Waals surface area contributed by atoms with E-state index in [2.05, 4.69) is 5.32 Å². The number of carbonyl (C=O) groups is 1. The van der Waals surface area contributed by atoms with E-state index in [1.165, 1.54) is 31.2 Å². The largest absolute Gasteiger partial charge is 0.489 e. The van der Waals surface area contributed by atoms with Crippen LogP contribution in [0.4, 0.5) is 5.69 Å². The first-order valence-electron chi connectivity index (χ1n) is 7.49. The number of ether oxygens (including phenoxy) is 1. The molecule has 1 aromatic rings. The molecule has 0 bridgehead atoms. The van der Waals surface area contributed by atoms with Crippen LogP contribution in [0.5, 0.6) is 5.75 Å². The number of rotatable bonds is 2. The first kappa shape index (κ1) is 13.4. The van der Waals surface area contributed by atoms with E-state index in [0.717, 1.165) is 24.3 Å². The van der Waals surface area contributed by atoms with Crippen molar-refractivity contribution in [3.63, 3.8) is 0 Å². The molecule has 1 heterocycles. The summed E-state index contributed by atoms with van der Waals surface area (Å²) < 4.78 is 6.07. The number of anilines is 1. The van der Waals surface area contributed by atoms with Crippen molar-refractivity contribution in [1.82, 2.24) is 0 Å². The van der Waals surface area contributed by atoms with Crippen LogP contribution in [0.2, 0.25) is 0 Å². The van der Waals surface area contributed by atoms with Crippen molar-refractivity contribution in [2.24, 2.45) is 0 Å². The van der Waals surface area contributed by atoms with Gasteiger partial charge >= 0.3 is 0 Å². The van der Waals surface area contributed by atoms with Crippen molar-refractivity contribution in [3.05, 3.63) is 23.8 Å². The fourth-order valence-corrected chi connectivity index (χ4v) is 3.33. The summed E-state index contributed by atoms with van der Waals surface area (Å²) in [6.07, 6.45) is 7.68. The molecular formula is C16H21NO3. The summed E-state index contributed by atoms with van der Waals surface area (Å²) in [7, 11) is 0. The summed E-state index contributed by atoms with van der Waals surface area (Å²) >= 11 is 0. The number of hydrogen-bond acceptors (Lipinski definition) is 3. The van der Waals surface area contributed by atoms with Gasteiger partial charge in [-0.15, -0.1) is 0 Å². The van der Waals surface area contributed by atoms with E-state index in [-0.39, 0.29) is 5.91 Å². The Hall–Kier alpha value is -1.55. The van der Waals surface area contributed by atoms with E-state index in [4.69, 9.17) is 9.84 Å². The number of aliphatic hydroxyl groups excluding tert-OH is 1. The quantitative estimate of drug-likeness (QED) is 0.872. The second kappa shape index (κ2) is 5.83. The molecule has 20 heavy (non-hydrogen) atoms. The highest BCUT2D eigenvalue weighted by Crippen LogP contribution is 2.44. The number of fused-ring (bicyclic) bond motifs is 3. The van der Waals surface area contributed by atoms with Gasteiger partial charge in [0.1, 0.15) is 18.5 Å². The van der Waals surface area contributed by atoms with Crippen LogP contribution in [0.1, 0.15) is 50.0 Å². The normalized spacial score (nSPS) is 24.9. The molecular weight excluding hydrogens is 254 g/mol. The highest BCUT2D eigenvalue weighted by molar-refractivity contribution is 5.91. The second-order valence-corrected chi connectivity index (χ2v) is 5.71. The Morgan fingerprint density at radius 2 is 2.05 bits per heavy atom. The zero-order valence-electron chi connectivity index (χ0n) is 11.6. The molecule has 1 saturated carbocycles. The maximum Gasteiger partial charge on any atom is 0.250 e. The van der Waals surface area contributed by atoms with Crippen LogP contribution in [-0.2, 0) is 4.79 Å². The van der Waals surface area contributed by atoms with Gasteiger partial charge in [0.05, 0.1) is 0 Å². The van der Waals surface area contributed by atoms with Gasteiger partial charge in [0.25, 0.3) is 0 Å². The van der Waals surface area contributed by atoms with Gasteiger partial charge in [0.2, 0.25) is 5.91 Å². The van der Waals surface area contributed by atoms with Crippen LogP contribution in [0.15, 0.2) is 18.2 Å². The Bertz CT molecular complexity index is 500. The maximum atomic E-state index is 11.3. The minimum Gasteiger partial charge on any atom is -0.489 e. The predicted molar refractivity (Wildman–Crippen MR) is 77.0 cm³/mol. The van der Waals surface area contributed by atoms with Crippen LogP contribution in [0, 0.1) is 0 Å². The van der Waals surface area contributed by atoms with Crippen LogP contribution in [0.3, 0.4) is 0 Å². The lowest BCUT2D eigenvalue weighted by Crippen LogP contribution is -2.20. The molecule has 0 spiro atoms. The van der Waals surface area contributed by atoms with Crippen molar-refractivity contribution >= 4 is 11.6 Å². The minimum atomic E-state index is -0.486. The summed E-state index contributed by atoms with van der Waals surface area (Å²) in [5.74, 6) is 1.04. The average molecular weight is 275 g/mol. The van der Waals surface area contributed by atoms with Crippen LogP contribution < -0.4 is 10.1 Å². The second-order valence-electron chi connectivity index (χ2n) is 5.71. The topological polar surface area (TPSA) is 58.6 Å². The molecule has 1 aliphatic heterocycles. The van der Waals surface area contributed by atoms with Crippen molar-refractivity contribution in [2.75, 3.05) is 11.9 Å². The van der Waals surface area contributed by atoms with E-state index in [0.29, 0.717) is 12.0 Å². The zero-order chi connectivity index (χ0) is 13.9. The van der Waals surface area contributed by atoms with E-state index in [1.54, 1.807) is 0 Å². The summed E-state index contributed by atoms with van der Waals surface area (Å²) in [6.45, 7) is -0.486. The summed E-state index contributed by atoms with van der Waals surface area (Å²) in [5, 5.41) is 11.5. The van der Waals surface area contributed by atoms with Gasteiger partial charge in [-0.2, -0.15) is 0 Å². The van der Waals surface area contributed by atoms with E-state index in [1.807, 2.05) is 18.2 Å². The molecule has 1 aliphatic carbocycles. The molecule has 3 rings (SSSR count).